The minimum atomic E-state index is -0.454. The van der Waals surface area contributed by atoms with E-state index in [0.717, 1.165) is 11.4 Å². The zero-order valence-electron chi connectivity index (χ0n) is 13.9. The number of amides is 2. The number of anilines is 2. The smallest absolute Gasteiger partial charge is 0.243 e. The Bertz CT molecular complexity index is 806. The molecule has 0 unspecified atom stereocenters. The van der Waals surface area contributed by atoms with Gasteiger partial charge in [-0.3, -0.25) is 20.4 Å². The van der Waals surface area contributed by atoms with E-state index in [2.05, 4.69) is 20.8 Å². The molecule has 1 aliphatic heterocycles. The van der Waals surface area contributed by atoms with Crippen molar-refractivity contribution in [1.29, 1.82) is 0 Å². The van der Waals surface area contributed by atoms with E-state index in [4.69, 9.17) is 11.6 Å². The number of nitrogens with one attached hydrogen (secondary N) is 2. The fourth-order valence-electron chi connectivity index (χ4n) is 2.78. The summed E-state index contributed by atoms with van der Waals surface area (Å²) in [6.45, 7) is 4.00. The van der Waals surface area contributed by atoms with Crippen LogP contribution in [0.1, 0.15) is 17.8 Å². The Morgan fingerprint density at radius 1 is 1.24 bits per heavy atom. The maximum atomic E-state index is 12.3. The average Bonchev–Trinajstić information content (AvgIpc) is 2.94. The number of hydrazine groups is 1. The first-order chi connectivity index (χ1) is 11.9. The minimum Gasteiger partial charge on any atom is -0.312 e. The van der Waals surface area contributed by atoms with Gasteiger partial charge in [-0.05, 0) is 38.1 Å². The number of benzene rings is 1. The third-order valence-corrected chi connectivity index (χ3v) is 4.13. The van der Waals surface area contributed by atoms with Crippen molar-refractivity contribution in [3.8, 4) is 0 Å². The molecule has 2 aromatic rings. The highest BCUT2D eigenvalue weighted by atomic mass is 35.5. The first kappa shape index (κ1) is 17.2. The number of nitrogens with zero attached hydrogens (tertiary/aromatic N) is 3. The predicted octanol–water partition coefficient (Wildman–Crippen LogP) is 2.24. The van der Waals surface area contributed by atoms with E-state index in [1.165, 1.54) is 0 Å². The molecule has 2 amide bonds. The van der Waals surface area contributed by atoms with E-state index in [-0.39, 0.29) is 18.2 Å². The summed E-state index contributed by atoms with van der Waals surface area (Å²) in [4.78, 5) is 34.5. The summed E-state index contributed by atoms with van der Waals surface area (Å²) in [5, 5.41) is 0.548. The van der Waals surface area contributed by atoms with E-state index < -0.39 is 5.92 Å². The number of aromatic nitrogens is 2. The van der Waals surface area contributed by atoms with Gasteiger partial charge in [0.2, 0.25) is 17.8 Å². The molecule has 3 rings (SSSR count). The Morgan fingerprint density at radius 2 is 1.96 bits per heavy atom. The highest BCUT2D eigenvalue weighted by Crippen LogP contribution is 2.27. The van der Waals surface area contributed by atoms with Gasteiger partial charge in [0, 0.05) is 35.1 Å². The first-order valence-corrected chi connectivity index (χ1v) is 8.24. The molecule has 7 nitrogen and oxygen atoms in total. The molecule has 0 spiro atoms. The van der Waals surface area contributed by atoms with Crippen LogP contribution in [0.3, 0.4) is 0 Å². The normalized spacial score (nSPS) is 16.8. The standard InChI is InChI=1S/C17H18ClN5O2/c1-10-6-11(2)20-17(19-10)22-21-16(25)12-7-15(24)23(9-12)14-5-3-4-13(18)8-14/h3-6,8,12H,7,9H2,1-2H3,(H,21,25)(H,19,20,22)/t12-/m1/s1. The third-order valence-electron chi connectivity index (χ3n) is 3.90. The minimum absolute atomic E-state index is 0.106. The number of carbonyl (C=O) groups is 2. The molecule has 0 saturated carbocycles. The van der Waals surface area contributed by atoms with Crippen molar-refractivity contribution >= 4 is 35.1 Å². The lowest BCUT2D eigenvalue weighted by Crippen LogP contribution is -2.37. The van der Waals surface area contributed by atoms with Gasteiger partial charge < -0.3 is 4.90 Å². The van der Waals surface area contributed by atoms with Crippen molar-refractivity contribution in [1.82, 2.24) is 15.4 Å². The fraction of sp³-hybridized carbons (Fsp3) is 0.294. The molecule has 0 radical (unpaired) electrons. The first-order valence-electron chi connectivity index (χ1n) is 7.86. The van der Waals surface area contributed by atoms with Crippen molar-refractivity contribution in [2.45, 2.75) is 20.3 Å². The maximum Gasteiger partial charge on any atom is 0.243 e. The molecule has 1 aromatic carbocycles. The van der Waals surface area contributed by atoms with Crippen molar-refractivity contribution in [3.63, 3.8) is 0 Å². The van der Waals surface area contributed by atoms with E-state index in [1.807, 2.05) is 19.9 Å². The van der Waals surface area contributed by atoms with Crippen LogP contribution >= 0.6 is 11.6 Å². The summed E-state index contributed by atoms with van der Waals surface area (Å²) in [6.07, 6.45) is 0.147. The van der Waals surface area contributed by atoms with Crippen molar-refractivity contribution in [2.24, 2.45) is 5.92 Å². The van der Waals surface area contributed by atoms with Gasteiger partial charge in [-0.15, -0.1) is 0 Å². The molecule has 1 aromatic heterocycles. The van der Waals surface area contributed by atoms with Gasteiger partial charge in [-0.25, -0.2) is 9.97 Å². The Morgan fingerprint density at radius 3 is 2.64 bits per heavy atom. The van der Waals surface area contributed by atoms with E-state index in [0.29, 0.717) is 23.2 Å². The molecule has 25 heavy (non-hydrogen) atoms. The molecule has 0 aliphatic carbocycles. The number of halogens is 1. The lowest BCUT2D eigenvalue weighted by Gasteiger charge is -2.17. The van der Waals surface area contributed by atoms with Gasteiger partial charge in [0.1, 0.15) is 0 Å². The van der Waals surface area contributed by atoms with Crippen LogP contribution in [0, 0.1) is 19.8 Å². The number of hydrogen-bond acceptors (Lipinski definition) is 5. The summed E-state index contributed by atoms with van der Waals surface area (Å²) in [5.41, 5.74) is 7.58. The molecule has 0 bridgehead atoms. The highest BCUT2D eigenvalue weighted by Gasteiger charge is 2.35. The average molecular weight is 360 g/mol. The topological polar surface area (TPSA) is 87.2 Å². The van der Waals surface area contributed by atoms with Gasteiger partial charge >= 0.3 is 0 Å². The zero-order valence-corrected chi connectivity index (χ0v) is 14.7. The van der Waals surface area contributed by atoms with Crippen LogP contribution in [0.2, 0.25) is 5.02 Å². The van der Waals surface area contributed by atoms with Crippen LogP contribution in [0.15, 0.2) is 30.3 Å². The lowest BCUT2D eigenvalue weighted by atomic mass is 10.1. The summed E-state index contributed by atoms with van der Waals surface area (Å²) in [5.74, 6) is -0.516. The van der Waals surface area contributed by atoms with Crippen molar-refractivity contribution < 1.29 is 9.59 Å². The van der Waals surface area contributed by atoms with E-state index in [1.54, 1.807) is 29.2 Å². The monoisotopic (exact) mass is 359 g/mol. The van der Waals surface area contributed by atoms with Crippen LogP contribution in [0.4, 0.5) is 11.6 Å². The van der Waals surface area contributed by atoms with Gasteiger partial charge in [-0.1, -0.05) is 17.7 Å². The molecule has 8 heteroatoms. The number of carbonyl (C=O) groups excluding carboxylic acids is 2. The third kappa shape index (κ3) is 4.06. The van der Waals surface area contributed by atoms with Crippen LogP contribution in [-0.4, -0.2) is 28.3 Å². The Balaban J connectivity index is 1.62. The molecule has 1 fully saturated rings. The maximum absolute atomic E-state index is 12.3. The van der Waals surface area contributed by atoms with Crippen molar-refractivity contribution in [2.75, 3.05) is 16.9 Å². The number of aryl methyl sites for hydroxylation is 2. The lowest BCUT2D eigenvalue weighted by molar-refractivity contribution is -0.125. The van der Waals surface area contributed by atoms with Gasteiger partial charge in [0.05, 0.1) is 5.92 Å². The molecule has 2 heterocycles. The van der Waals surface area contributed by atoms with Gasteiger partial charge in [0.15, 0.2) is 0 Å². The SMILES string of the molecule is Cc1cc(C)nc(NNC(=O)[C@@H]2CC(=O)N(c3cccc(Cl)c3)C2)n1. The summed E-state index contributed by atoms with van der Waals surface area (Å²) in [6, 6.07) is 8.86. The van der Waals surface area contributed by atoms with E-state index in [9.17, 15) is 9.59 Å². The van der Waals surface area contributed by atoms with E-state index >= 15 is 0 Å². The highest BCUT2D eigenvalue weighted by molar-refractivity contribution is 6.31. The quantitative estimate of drug-likeness (QED) is 0.817. The second-order valence-electron chi connectivity index (χ2n) is 5.97. The van der Waals surface area contributed by atoms with Crippen LogP contribution in [0.25, 0.3) is 0 Å². The van der Waals surface area contributed by atoms with Crippen molar-refractivity contribution in [3.05, 3.63) is 46.7 Å². The van der Waals surface area contributed by atoms with Crippen LogP contribution in [0.5, 0.6) is 0 Å². The molecule has 130 valence electrons. The number of hydrogen-bond donors (Lipinski definition) is 2. The molecule has 2 N–H and O–H groups in total. The Hall–Kier alpha value is -2.67. The molecular formula is C17H18ClN5O2. The van der Waals surface area contributed by atoms with Gasteiger partial charge in [0.25, 0.3) is 0 Å². The number of rotatable bonds is 4. The summed E-state index contributed by atoms with van der Waals surface area (Å²) in [7, 11) is 0. The largest absolute Gasteiger partial charge is 0.312 e. The van der Waals surface area contributed by atoms with Gasteiger partial charge in [-0.2, -0.15) is 0 Å². The predicted molar refractivity (Wildman–Crippen MR) is 95.2 cm³/mol. The summed E-state index contributed by atoms with van der Waals surface area (Å²) >= 11 is 5.97. The molecular weight excluding hydrogens is 342 g/mol. The van der Waals surface area contributed by atoms with Crippen LogP contribution in [-0.2, 0) is 9.59 Å². The Kier molecular flexibility index (Phi) is 4.85. The molecule has 1 atom stereocenters. The fourth-order valence-corrected chi connectivity index (χ4v) is 2.96. The Labute approximate surface area is 150 Å². The molecule has 1 saturated heterocycles. The molecule has 1 aliphatic rings. The zero-order chi connectivity index (χ0) is 18.0. The second-order valence-corrected chi connectivity index (χ2v) is 6.41. The second kappa shape index (κ2) is 7.06. The van der Waals surface area contributed by atoms with Crippen LogP contribution < -0.4 is 15.8 Å². The summed E-state index contributed by atoms with van der Waals surface area (Å²) < 4.78 is 0.